The summed E-state index contributed by atoms with van der Waals surface area (Å²) >= 11 is 0. The van der Waals surface area contributed by atoms with E-state index < -0.39 is 15.9 Å². The fraction of sp³-hybridized carbons (Fsp3) is 0.0909. The van der Waals surface area contributed by atoms with Gasteiger partial charge in [-0.25, -0.2) is 23.5 Å². The van der Waals surface area contributed by atoms with Crippen molar-refractivity contribution in [3.8, 4) is 0 Å². The monoisotopic (exact) mass is 449 g/mol. The van der Waals surface area contributed by atoms with Crippen molar-refractivity contribution in [2.75, 3.05) is 5.32 Å². The minimum Gasteiger partial charge on any atom is -0.321 e. The van der Waals surface area contributed by atoms with Crippen LogP contribution in [0.4, 0.5) is 5.69 Å². The van der Waals surface area contributed by atoms with Crippen molar-refractivity contribution >= 4 is 32.5 Å². The van der Waals surface area contributed by atoms with Crippen molar-refractivity contribution in [2.45, 2.75) is 18.0 Å². The smallest absolute Gasteiger partial charge is 0.261 e. The Balaban J connectivity index is 1.64. The van der Waals surface area contributed by atoms with Gasteiger partial charge in [-0.1, -0.05) is 30.3 Å². The maximum atomic E-state index is 13.1. The van der Waals surface area contributed by atoms with E-state index in [1.165, 1.54) is 35.3 Å². The largest absolute Gasteiger partial charge is 0.321 e. The predicted octanol–water partition coefficient (Wildman–Crippen LogP) is 2.30. The molecule has 0 fully saturated rings. The summed E-state index contributed by atoms with van der Waals surface area (Å²) in [5.74, 6) is -0.483. The predicted molar refractivity (Wildman–Crippen MR) is 120 cm³/mol. The quantitative estimate of drug-likeness (QED) is 0.480. The van der Waals surface area contributed by atoms with E-state index in [4.69, 9.17) is 5.14 Å². The Morgan fingerprint density at radius 3 is 2.47 bits per heavy atom. The van der Waals surface area contributed by atoms with Crippen LogP contribution < -0.4 is 16.0 Å². The molecule has 32 heavy (non-hydrogen) atoms. The van der Waals surface area contributed by atoms with Crippen LogP contribution in [0.3, 0.4) is 0 Å². The maximum Gasteiger partial charge on any atom is 0.261 e. The zero-order valence-corrected chi connectivity index (χ0v) is 17.8. The van der Waals surface area contributed by atoms with Gasteiger partial charge in [0.15, 0.2) is 5.03 Å². The number of hydrogen-bond donors (Lipinski definition) is 2. The van der Waals surface area contributed by atoms with E-state index in [-0.39, 0.29) is 27.9 Å². The van der Waals surface area contributed by atoms with Crippen LogP contribution in [0.1, 0.15) is 28.9 Å². The van der Waals surface area contributed by atoms with Gasteiger partial charge in [0, 0.05) is 5.56 Å². The number of fused-ring (bicyclic) bond motifs is 1. The molecular weight excluding hydrogens is 430 g/mol. The molecule has 0 saturated heterocycles. The molecule has 10 heteroatoms. The second kappa shape index (κ2) is 8.33. The highest BCUT2D eigenvalue weighted by Crippen LogP contribution is 2.18. The molecule has 3 N–H and O–H groups in total. The lowest BCUT2D eigenvalue weighted by atomic mass is 10.1. The molecule has 0 spiro atoms. The summed E-state index contributed by atoms with van der Waals surface area (Å²) in [6, 6.07) is 16.5. The number of nitrogens with zero attached hydrogens (tertiary/aromatic N) is 3. The summed E-state index contributed by atoms with van der Waals surface area (Å²) in [6.07, 6.45) is 2.69. The minimum atomic E-state index is -3.93. The second-order valence-electron chi connectivity index (χ2n) is 7.16. The number of sulfonamides is 1. The number of carbonyl (C=O) groups excluding carboxylic acids is 1. The fourth-order valence-electron chi connectivity index (χ4n) is 3.27. The molecule has 2 aromatic carbocycles. The zero-order chi connectivity index (χ0) is 22.9. The molecule has 9 nitrogen and oxygen atoms in total. The van der Waals surface area contributed by atoms with Crippen molar-refractivity contribution in [2.24, 2.45) is 5.14 Å². The van der Waals surface area contributed by atoms with E-state index >= 15 is 0 Å². The summed E-state index contributed by atoms with van der Waals surface area (Å²) in [6.45, 7) is 1.90. The number of carbonyl (C=O) groups is 1. The molecule has 0 aliphatic heterocycles. The van der Waals surface area contributed by atoms with Gasteiger partial charge in [-0.15, -0.1) is 0 Å². The van der Waals surface area contributed by atoms with E-state index in [0.29, 0.717) is 10.9 Å². The van der Waals surface area contributed by atoms with E-state index in [1.807, 2.05) is 37.3 Å². The van der Waals surface area contributed by atoms with Gasteiger partial charge in [-0.05, 0) is 42.8 Å². The molecule has 1 unspecified atom stereocenters. The van der Waals surface area contributed by atoms with Gasteiger partial charge >= 0.3 is 0 Å². The number of rotatable bonds is 5. The highest BCUT2D eigenvalue weighted by Gasteiger charge is 2.15. The number of pyridine rings is 1. The number of hydrogen-bond acceptors (Lipinski definition) is 6. The Labute approximate surface area is 183 Å². The van der Waals surface area contributed by atoms with Gasteiger partial charge in [-0.2, -0.15) is 0 Å². The van der Waals surface area contributed by atoms with Crippen LogP contribution in [0, 0.1) is 0 Å². The van der Waals surface area contributed by atoms with Crippen molar-refractivity contribution < 1.29 is 13.2 Å². The molecular formula is C22H19N5O4S. The molecule has 1 atom stereocenters. The van der Waals surface area contributed by atoms with Crippen molar-refractivity contribution in [1.82, 2.24) is 14.5 Å². The van der Waals surface area contributed by atoms with E-state index in [9.17, 15) is 18.0 Å². The van der Waals surface area contributed by atoms with Crippen LogP contribution >= 0.6 is 0 Å². The molecule has 0 bridgehead atoms. The summed E-state index contributed by atoms with van der Waals surface area (Å²) in [5, 5.41) is 7.64. The first-order chi connectivity index (χ1) is 15.2. The number of anilines is 1. The Kier molecular flexibility index (Phi) is 5.56. The van der Waals surface area contributed by atoms with Gasteiger partial charge in [0.2, 0.25) is 0 Å². The number of aromatic nitrogens is 3. The normalized spacial score (nSPS) is 12.4. The van der Waals surface area contributed by atoms with E-state index in [2.05, 4.69) is 15.3 Å². The molecule has 2 heterocycles. The van der Waals surface area contributed by atoms with Crippen LogP contribution in [-0.2, 0) is 10.0 Å². The standard InChI is InChI=1S/C22H19N5O4S/c1-14(15-5-3-2-4-6-15)27-13-25-19-9-7-16(11-18(19)22(27)29)21(28)26-17-8-10-20(24-12-17)32(23,30)31/h2-14H,1H3,(H,26,28)(H2,23,30,31). The van der Waals surface area contributed by atoms with Gasteiger partial charge in [0.25, 0.3) is 21.5 Å². The first kappa shape index (κ1) is 21.3. The molecule has 1 amide bonds. The average Bonchev–Trinajstić information content (AvgIpc) is 2.79. The average molecular weight is 449 g/mol. The Bertz CT molecular complexity index is 1470. The number of benzene rings is 2. The van der Waals surface area contributed by atoms with Gasteiger partial charge in [-0.3, -0.25) is 14.2 Å². The molecule has 162 valence electrons. The summed E-state index contributed by atoms with van der Waals surface area (Å²) in [7, 11) is -3.93. The summed E-state index contributed by atoms with van der Waals surface area (Å²) in [4.78, 5) is 33.9. The number of primary sulfonamides is 1. The summed E-state index contributed by atoms with van der Waals surface area (Å²) in [5.41, 5.74) is 1.70. The highest BCUT2D eigenvalue weighted by molar-refractivity contribution is 7.89. The van der Waals surface area contributed by atoms with Crippen LogP contribution in [-0.4, -0.2) is 28.9 Å². The number of amides is 1. The van der Waals surface area contributed by atoms with Gasteiger partial charge in [0.1, 0.15) is 0 Å². The molecule has 4 rings (SSSR count). The molecule has 0 saturated carbocycles. The van der Waals surface area contributed by atoms with Crippen molar-refractivity contribution in [1.29, 1.82) is 0 Å². The first-order valence-corrected chi connectivity index (χ1v) is 11.1. The topological polar surface area (TPSA) is 137 Å². The van der Waals surface area contributed by atoms with Crippen LogP contribution in [0.15, 0.2) is 83.0 Å². The zero-order valence-electron chi connectivity index (χ0n) is 17.0. The lowest BCUT2D eigenvalue weighted by Gasteiger charge is -2.15. The number of nitrogens with two attached hydrogens (primary N) is 1. The van der Waals surface area contributed by atoms with Gasteiger partial charge in [0.05, 0.1) is 35.2 Å². The van der Waals surface area contributed by atoms with Crippen molar-refractivity contribution in [3.63, 3.8) is 0 Å². The number of nitrogens with one attached hydrogen (secondary N) is 1. The molecule has 0 aliphatic rings. The molecule has 0 aliphatic carbocycles. The maximum absolute atomic E-state index is 13.1. The second-order valence-corrected chi connectivity index (χ2v) is 8.67. The molecule has 0 radical (unpaired) electrons. The SMILES string of the molecule is CC(c1ccccc1)n1cnc2ccc(C(=O)Nc3ccc(S(N)(=O)=O)nc3)cc2c1=O. The third-order valence-corrected chi connectivity index (χ3v) is 5.85. The van der Waals surface area contributed by atoms with Crippen molar-refractivity contribution in [3.05, 3.63) is 94.7 Å². The van der Waals surface area contributed by atoms with E-state index in [0.717, 1.165) is 5.56 Å². The Morgan fingerprint density at radius 1 is 1.06 bits per heavy atom. The minimum absolute atomic E-state index is 0.235. The highest BCUT2D eigenvalue weighted by atomic mass is 32.2. The lowest BCUT2D eigenvalue weighted by Crippen LogP contribution is -2.24. The van der Waals surface area contributed by atoms with Gasteiger partial charge < -0.3 is 5.32 Å². The fourth-order valence-corrected chi connectivity index (χ4v) is 3.73. The van der Waals surface area contributed by atoms with E-state index in [1.54, 1.807) is 12.1 Å². The Hall–Kier alpha value is -3.89. The van der Waals surface area contributed by atoms with Crippen LogP contribution in [0.5, 0.6) is 0 Å². The molecule has 2 aromatic heterocycles. The molecule has 4 aromatic rings. The Morgan fingerprint density at radius 2 is 1.81 bits per heavy atom. The lowest BCUT2D eigenvalue weighted by molar-refractivity contribution is 0.102. The van der Waals surface area contributed by atoms with Crippen LogP contribution in [0.25, 0.3) is 10.9 Å². The summed E-state index contributed by atoms with van der Waals surface area (Å²) < 4.78 is 24.1. The third-order valence-electron chi connectivity index (χ3n) is 5.03. The van der Waals surface area contributed by atoms with Crippen LogP contribution in [0.2, 0.25) is 0 Å². The third kappa shape index (κ3) is 4.27. The first-order valence-electron chi connectivity index (χ1n) is 9.60.